The third kappa shape index (κ3) is 3.09. The van der Waals surface area contributed by atoms with Crippen LogP contribution in [0.3, 0.4) is 0 Å². The van der Waals surface area contributed by atoms with E-state index in [2.05, 4.69) is 15.9 Å². The van der Waals surface area contributed by atoms with Crippen molar-refractivity contribution in [1.29, 1.82) is 0 Å². The lowest BCUT2D eigenvalue weighted by Gasteiger charge is -2.25. The van der Waals surface area contributed by atoms with E-state index in [1.54, 1.807) is 36.2 Å². The van der Waals surface area contributed by atoms with Crippen LogP contribution in [0.4, 0.5) is 10.1 Å². The van der Waals surface area contributed by atoms with Crippen LogP contribution in [0.25, 0.3) is 0 Å². The second-order valence-corrected chi connectivity index (χ2v) is 6.90. The minimum Gasteiger partial charge on any atom is -0.291 e. The molecule has 1 heterocycles. The van der Waals surface area contributed by atoms with Crippen LogP contribution in [0.5, 0.6) is 0 Å². The van der Waals surface area contributed by atoms with E-state index in [4.69, 9.17) is 11.6 Å². The van der Waals surface area contributed by atoms with Crippen molar-refractivity contribution >= 4 is 44.9 Å². The van der Waals surface area contributed by atoms with Gasteiger partial charge in [0.1, 0.15) is 5.82 Å². The number of fused-ring (bicyclic) bond motifs is 1. The molecule has 1 amide bonds. The van der Waals surface area contributed by atoms with Gasteiger partial charge in [0.15, 0.2) is 0 Å². The molecule has 24 heavy (non-hydrogen) atoms. The summed E-state index contributed by atoms with van der Waals surface area (Å²) in [4.78, 5) is 27.4. The summed E-state index contributed by atoms with van der Waals surface area (Å²) in [6.45, 7) is 0.374. The monoisotopic (exact) mass is 410 g/mol. The molecule has 0 saturated heterocycles. The van der Waals surface area contributed by atoms with Crippen molar-refractivity contribution in [3.05, 3.63) is 62.8 Å². The van der Waals surface area contributed by atoms with Gasteiger partial charge in [-0.2, -0.15) is 0 Å². The Bertz CT molecular complexity index is 823. The van der Waals surface area contributed by atoms with Crippen molar-refractivity contribution in [3.8, 4) is 0 Å². The highest BCUT2D eigenvalue weighted by Crippen LogP contribution is 2.31. The number of carbonyl (C=O) groups excluding carboxylic acids is 2. The molecule has 2 aromatic rings. The molecule has 7 heteroatoms. The van der Waals surface area contributed by atoms with Crippen molar-refractivity contribution in [2.45, 2.75) is 6.54 Å². The zero-order valence-electron chi connectivity index (χ0n) is 12.7. The first kappa shape index (κ1) is 17.1. The van der Waals surface area contributed by atoms with Crippen molar-refractivity contribution in [1.82, 2.24) is 4.90 Å². The smallest absolute Gasteiger partial charge is 0.291 e. The standard InChI is InChI=1S/C17H13BrClFN2O2/c1-21(8-12-13(19)3-2-4-14(12)20)9-22-15-6-5-10(18)7-11(15)16(23)17(22)24/h2-7H,8-9H2,1H3. The van der Waals surface area contributed by atoms with Crippen molar-refractivity contribution in [2.75, 3.05) is 18.6 Å². The van der Waals surface area contributed by atoms with E-state index >= 15 is 0 Å². The number of hydrogen-bond acceptors (Lipinski definition) is 3. The van der Waals surface area contributed by atoms with Crippen molar-refractivity contribution in [3.63, 3.8) is 0 Å². The molecular weight excluding hydrogens is 399 g/mol. The molecule has 0 aliphatic carbocycles. The first-order valence-corrected chi connectivity index (χ1v) is 8.32. The number of amides is 1. The normalized spacial score (nSPS) is 13.8. The molecule has 0 N–H and O–H groups in total. The van der Waals surface area contributed by atoms with Crippen molar-refractivity contribution < 1.29 is 14.0 Å². The summed E-state index contributed by atoms with van der Waals surface area (Å²) in [6.07, 6.45) is 0. The highest BCUT2D eigenvalue weighted by atomic mass is 79.9. The van der Waals surface area contributed by atoms with Crippen LogP contribution in [-0.4, -0.2) is 30.3 Å². The van der Waals surface area contributed by atoms with Crippen molar-refractivity contribution in [2.24, 2.45) is 0 Å². The van der Waals surface area contributed by atoms with Gasteiger partial charge in [-0.05, 0) is 37.4 Å². The van der Waals surface area contributed by atoms with E-state index in [1.165, 1.54) is 17.0 Å². The number of nitrogens with zero attached hydrogens (tertiary/aromatic N) is 2. The predicted octanol–water partition coefficient (Wildman–Crippen LogP) is 3.86. The van der Waals surface area contributed by atoms with Crippen LogP contribution in [-0.2, 0) is 11.3 Å². The largest absolute Gasteiger partial charge is 0.300 e. The highest BCUT2D eigenvalue weighted by molar-refractivity contribution is 9.10. The minimum atomic E-state index is -0.588. The third-order valence-electron chi connectivity index (χ3n) is 3.81. The lowest BCUT2D eigenvalue weighted by atomic mass is 10.1. The molecule has 0 bridgehead atoms. The molecule has 0 spiro atoms. The molecule has 0 aromatic heterocycles. The number of Topliss-reactive ketones (excluding diaryl/α,β-unsaturated/α-hetero) is 1. The predicted molar refractivity (Wildman–Crippen MR) is 93.7 cm³/mol. The molecule has 1 aliphatic heterocycles. The van der Waals surface area contributed by atoms with Gasteiger partial charge in [0.05, 0.1) is 17.9 Å². The second kappa shape index (κ2) is 6.63. The Labute approximate surface area is 151 Å². The van der Waals surface area contributed by atoms with E-state index in [0.29, 0.717) is 21.8 Å². The van der Waals surface area contributed by atoms with Gasteiger partial charge >= 0.3 is 5.91 Å². The van der Waals surface area contributed by atoms with Gasteiger partial charge in [0, 0.05) is 21.6 Å². The van der Waals surface area contributed by atoms with Crippen LogP contribution >= 0.6 is 27.5 Å². The van der Waals surface area contributed by atoms with Crippen LogP contribution in [0.15, 0.2) is 40.9 Å². The van der Waals surface area contributed by atoms with Gasteiger partial charge in [0.25, 0.3) is 5.78 Å². The third-order valence-corrected chi connectivity index (χ3v) is 4.65. The molecule has 124 valence electrons. The number of benzene rings is 2. The summed E-state index contributed by atoms with van der Waals surface area (Å²) in [7, 11) is 1.73. The Kier molecular flexibility index (Phi) is 4.71. The van der Waals surface area contributed by atoms with Crippen LogP contribution < -0.4 is 4.90 Å². The molecule has 2 aromatic carbocycles. The summed E-state index contributed by atoms with van der Waals surface area (Å²) < 4.78 is 14.6. The number of carbonyl (C=O) groups is 2. The Morgan fingerprint density at radius 3 is 2.71 bits per heavy atom. The van der Waals surface area contributed by atoms with E-state index < -0.39 is 17.5 Å². The van der Waals surface area contributed by atoms with Crippen LogP contribution in [0.1, 0.15) is 15.9 Å². The molecule has 0 unspecified atom stereocenters. The molecule has 4 nitrogen and oxygen atoms in total. The minimum absolute atomic E-state index is 0.157. The van der Waals surface area contributed by atoms with Gasteiger partial charge in [-0.25, -0.2) is 4.39 Å². The number of anilines is 1. The van der Waals surface area contributed by atoms with Crippen LogP contribution in [0, 0.1) is 5.82 Å². The molecule has 1 aliphatic rings. The SMILES string of the molecule is CN(Cc1c(F)cccc1Cl)CN1C(=O)C(=O)c2cc(Br)ccc21. The fourth-order valence-electron chi connectivity index (χ4n) is 2.66. The second-order valence-electron chi connectivity index (χ2n) is 5.58. The molecule has 0 saturated carbocycles. The first-order chi connectivity index (χ1) is 11.4. The number of ketones is 1. The summed E-state index contributed by atoms with van der Waals surface area (Å²) in [6, 6.07) is 9.61. The van der Waals surface area contributed by atoms with Gasteiger partial charge in [0.2, 0.25) is 0 Å². The fourth-order valence-corrected chi connectivity index (χ4v) is 3.24. The zero-order valence-corrected chi connectivity index (χ0v) is 15.1. The molecule has 0 fully saturated rings. The van der Waals surface area contributed by atoms with Gasteiger partial charge in [-0.15, -0.1) is 0 Å². The van der Waals surface area contributed by atoms with E-state index in [-0.39, 0.29) is 13.2 Å². The summed E-state index contributed by atoms with van der Waals surface area (Å²) in [5.74, 6) is -1.53. The fraction of sp³-hybridized carbons (Fsp3) is 0.176. The Morgan fingerprint density at radius 2 is 2.00 bits per heavy atom. The topological polar surface area (TPSA) is 40.6 Å². The number of halogens is 3. The van der Waals surface area contributed by atoms with E-state index in [9.17, 15) is 14.0 Å². The molecular formula is C17H13BrClFN2O2. The average molecular weight is 412 g/mol. The summed E-state index contributed by atoms with van der Waals surface area (Å²) in [5.41, 5.74) is 1.28. The van der Waals surface area contributed by atoms with Gasteiger partial charge < -0.3 is 0 Å². The Balaban J connectivity index is 1.82. The van der Waals surface area contributed by atoms with Crippen LogP contribution in [0.2, 0.25) is 5.02 Å². The van der Waals surface area contributed by atoms with Gasteiger partial charge in [-0.3, -0.25) is 19.4 Å². The quantitative estimate of drug-likeness (QED) is 0.717. The maximum absolute atomic E-state index is 13.9. The van der Waals surface area contributed by atoms with E-state index in [1.807, 2.05) is 0 Å². The van der Waals surface area contributed by atoms with E-state index in [0.717, 1.165) is 4.47 Å². The lowest BCUT2D eigenvalue weighted by Crippen LogP contribution is -2.39. The zero-order chi connectivity index (χ0) is 17.4. The Morgan fingerprint density at radius 1 is 1.25 bits per heavy atom. The number of hydrogen-bond donors (Lipinski definition) is 0. The molecule has 0 radical (unpaired) electrons. The average Bonchev–Trinajstić information content (AvgIpc) is 2.76. The van der Waals surface area contributed by atoms with Gasteiger partial charge in [-0.1, -0.05) is 33.6 Å². The Hall–Kier alpha value is -1.76. The highest BCUT2D eigenvalue weighted by Gasteiger charge is 2.36. The maximum atomic E-state index is 13.9. The summed E-state index contributed by atoms with van der Waals surface area (Å²) >= 11 is 9.33. The maximum Gasteiger partial charge on any atom is 0.300 e. The molecule has 3 rings (SSSR count). The lowest BCUT2D eigenvalue weighted by molar-refractivity contribution is -0.114. The summed E-state index contributed by atoms with van der Waals surface area (Å²) in [5, 5.41) is 0.329. The first-order valence-electron chi connectivity index (χ1n) is 7.15. The molecule has 0 atom stereocenters. The number of rotatable bonds is 4.